The molecule has 22 heteroatoms. The van der Waals surface area contributed by atoms with Gasteiger partial charge < -0.3 is 42.2 Å². The zero-order valence-electron chi connectivity index (χ0n) is 22.2. The largest absolute Gasteiger partial charge is 0.369 e. The first-order valence-corrected chi connectivity index (χ1v) is 13.2. The average Bonchev–Trinajstić information content (AvgIpc) is 3.72. The fourth-order valence-corrected chi connectivity index (χ4v) is 5.63. The van der Waals surface area contributed by atoms with Crippen molar-refractivity contribution in [2.45, 2.75) is 49.1 Å². The number of nitrogen functional groups attached to an aromatic ring is 2. The SMILES string of the molecule is Nc1nc2c(ncn2[C@@H]2O[C@@H]3CNC(=O)N[C@H]4[C@@H](F)[C@@H](n5cnc6c(=O)[nH]c(N)nc65)O[C@H]4CNC(=O)N[C@H]3[C@H]2F)c(=O)[nH]1. The van der Waals surface area contributed by atoms with Crippen molar-refractivity contribution >= 4 is 46.3 Å². The van der Waals surface area contributed by atoms with E-state index in [0.29, 0.717) is 0 Å². The first-order chi connectivity index (χ1) is 21.1. The van der Waals surface area contributed by atoms with Gasteiger partial charge in [0, 0.05) is 13.1 Å². The topological polar surface area (TPSA) is 280 Å². The van der Waals surface area contributed by atoms with Crippen LogP contribution in [0.2, 0.25) is 0 Å². The number of hydrogen-bond acceptors (Lipinski definition) is 12. The lowest BCUT2D eigenvalue weighted by Gasteiger charge is -2.26. The second-order valence-corrected chi connectivity index (χ2v) is 10.3. The molecule has 7 rings (SSSR count). The number of nitrogens with one attached hydrogen (secondary N) is 6. The molecule has 10 N–H and O–H groups in total. The fraction of sp³-hybridized carbons (Fsp3) is 0.455. The number of H-pyrrole nitrogens is 2. The lowest BCUT2D eigenvalue weighted by atomic mass is 10.1. The fourth-order valence-electron chi connectivity index (χ4n) is 5.63. The van der Waals surface area contributed by atoms with Crippen LogP contribution < -0.4 is 43.9 Å². The zero-order chi connectivity index (χ0) is 30.9. The zero-order valence-corrected chi connectivity index (χ0v) is 22.2. The second-order valence-electron chi connectivity index (χ2n) is 10.3. The van der Waals surface area contributed by atoms with Crippen LogP contribution >= 0.6 is 0 Å². The van der Waals surface area contributed by atoms with Gasteiger partial charge in [-0.15, -0.1) is 0 Å². The van der Waals surface area contributed by atoms with Gasteiger partial charge in [-0.3, -0.25) is 28.7 Å². The Morgan fingerprint density at radius 2 is 1.14 bits per heavy atom. The van der Waals surface area contributed by atoms with Crippen LogP contribution in [-0.4, -0.2) is 101 Å². The number of fused-ring (bicyclic) bond motifs is 4. The summed E-state index contributed by atoms with van der Waals surface area (Å²) in [5.41, 5.74) is 9.68. The number of rotatable bonds is 2. The highest BCUT2D eigenvalue weighted by Crippen LogP contribution is 2.35. The Balaban J connectivity index is 1.13. The molecule has 44 heavy (non-hydrogen) atoms. The third kappa shape index (κ3) is 4.41. The highest BCUT2D eigenvalue weighted by Gasteiger charge is 2.50. The molecule has 4 aromatic heterocycles. The van der Waals surface area contributed by atoms with E-state index in [2.05, 4.69) is 51.2 Å². The first kappa shape index (κ1) is 27.5. The molecule has 3 saturated heterocycles. The van der Waals surface area contributed by atoms with Gasteiger partial charge >= 0.3 is 12.1 Å². The maximum absolute atomic E-state index is 15.9. The van der Waals surface area contributed by atoms with E-state index in [-0.39, 0.29) is 47.3 Å². The Morgan fingerprint density at radius 3 is 1.55 bits per heavy atom. The summed E-state index contributed by atoms with van der Waals surface area (Å²) in [6.45, 7) is -0.625. The van der Waals surface area contributed by atoms with Crippen LogP contribution in [0.5, 0.6) is 0 Å². The molecule has 8 atom stereocenters. The molecule has 7 heterocycles. The van der Waals surface area contributed by atoms with E-state index in [9.17, 15) is 19.2 Å². The van der Waals surface area contributed by atoms with E-state index in [1.807, 2.05) is 0 Å². The van der Waals surface area contributed by atoms with E-state index >= 15 is 8.78 Å². The van der Waals surface area contributed by atoms with Crippen LogP contribution in [-0.2, 0) is 9.47 Å². The summed E-state index contributed by atoms with van der Waals surface area (Å²) >= 11 is 0. The number of alkyl halides is 2. The van der Waals surface area contributed by atoms with Crippen molar-refractivity contribution in [1.82, 2.24) is 60.3 Å². The number of imidazole rings is 2. The molecule has 0 spiro atoms. The Bertz CT molecular complexity index is 1770. The molecular weight excluding hydrogens is 594 g/mol. The summed E-state index contributed by atoms with van der Waals surface area (Å²) in [6, 6.07) is -4.23. The van der Waals surface area contributed by atoms with Gasteiger partial charge in [-0.05, 0) is 0 Å². The number of anilines is 2. The predicted octanol–water partition coefficient (Wildman–Crippen LogP) is -2.76. The van der Waals surface area contributed by atoms with Crippen molar-refractivity contribution in [2.75, 3.05) is 24.6 Å². The van der Waals surface area contributed by atoms with E-state index in [0.717, 1.165) is 12.7 Å². The van der Waals surface area contributed by atoms with Gasteiger partial charge in [-0.25, -0.2) is 28.3 Å². The van der Waals surface area contributed by atoms with Gasteiger partial charge in [0.2, 0.25) is 11.9 Å². The van der Waals surface area contributed by atoms with E-state index in [1.54, 1.807) is 0 Å². The van der Waals surface area contributed by atoms with E-state index in [1.165, 1.54) is 9.13 Å². The van der Waals surface area contributed by atoms with Crippen molar-refractivity contribution in [3.63, 3.8) is 0 Å². The molecule has 3 aliphatic rings. The standard InChI is InChI=1S/C22H24F2N14O6/c23-7-9-5(43-17(7)37-3-29-11-13(37)33-19(25)35-15(11)39)1-27-21(41)32-10-6(2-28-22(42)31-9)44-18(8(10)24)38-4-30-12-14(38)34-20(26)36-16(12)40/h3-10,17-18H,1-2H2,(H2,27,32,41)(H2,28,31,42)(H3,25,33,35,39)(H3,26,34,36,40)/t5-,6+,7-,8-,9-,10-,17-,18+/m1/s1. The average molecular weight is 619 g/mol. The molecule has 0 aliphatic carbocycles. The van der Waals surface area contributed by atoms with Gasteiger partial charge in [-0.2, -0.15) is 9.97 Å². The number of carbonyl (C=O) groups is 2. The summed E-state index contributed by atoms with van der Waals surface area (Å²) in [5, 5.41) is 10.0. The summed E-state index contributed by atoms with van der Waals surface area (Å²) < 4.78 is 45.8. The number of halogens is 2. The monoisotopic (exact) mass is 618 g/mol. The highest BCUT2D eigenvalue weighted by atomic mass is 19.1. The van der Waals surface area contributed by atoms with Crippen molar-refractivity contribution in [3.05, 3.63) is 33.4 Å². The summed E-state index contributed by atoms with van der Waals surface area (Å²) in [6.07, 6.45) is -6.53. The molecule has 20 nitrogen and oxygen atoms in total. The van der Waals surface area contributed by atoms with Crippen LogP contribution in [0.1, 0.15) is 12.5 Å². The van der Waals surface area contributed by atoms with Gasteiger partial charge in [0.1, 0.15) is 12.2 Å². The number of aromatic nitrogens is 8. The predicted molar refractivity (Wildman–Crippen MR) is 143 cm³/mol. The van der Waals surface area contributed by atoms with Gasteiger partial charge in [0.05, 0.1) is 24.7 Å². The Hall–Kier alpha value is -5.38. The molecule has 4 amide bonds. The number of amides is 4. The summed E-state index contributed by atoms with van der Waals surface area (Å²) in [5.74, 6) is -0.451. The van der Waals surface area contributed by atoms with Crippen LogP contribution in [0.15, 0.2) is 22.2 Å². The highest BCUT2D eigenvalue weighted by molar-refractivity contribution is 5.76. The molecule has 3 aliphatic heterocycles. The number of nitrogens with zero attached hydrogens (tertiary/aromatic N) is 6. The summed E-state index contributed by atoms with van der Waals surface area (Å²) in [7, 11) is 0. The molecule has 3 fully saturated rings. The molecule has 0 bridgehead atoms. The number of ether oxygens (including phenoxy) is 2. The second kappa shape index (κ2) is 10.1. The lowest BCUT2D eigenvalue weighted by molar-refractivity contribution is -0.0165. The Labute approximate surface area is 241 Å². The van der Waals surface area contributed by atoms with Gasteiger partial charge in [0.25, 0.3) is 11.1 Å². The molecule has 0 unspecified atom stereocenters. The maximum Gasteiger partial charge on any atom is 0.315 e. The van der Waals surface area contributed by atoms with Crippen LogP contribution in [0, 0.1) is 0 Å². The number of hydrogen-bond donors (Lipinski definition) is 8. The molecule has 0 saturated carbocycles. The van der Waals surface area contributed by atoms with E-state index < -0.39 is 72.3 Å². The van der Waals surface area contributed by atoms with Gasteiger partial charge in [-0.1, -0.05) is 0 Å². The molecular formula is C22H24F2N14O6. The van der Waals surface area contributed by atoms with Crippen molar-refractivity contribution in [1.29, 1.82) is 0 Å². The van der Waals surface area contributed by atoms with Crippen molar-refractivity contribution < 1.29 is 27.8 Å². The molecule has 232 valence electrons. The molecule has 4 aromatic rings. The Morgan fingerprint density at radius 1 is 0.727 bits per heavy atom. The number of aromatic amines is 2. The molecule has 0 radical (unpaired) electrons. The normalized spacial score (nSPS) is 30.9. The van der Waals surface area contributed by atoms with Crippen LogP contribution in [0.3, 0.4) is 0 Å². The minimum absolute atomic E-state index is 0.0481. The third-order valence-corrected chi connectivity index (χ3v) is 7.63. The minimum Gasteiger partial charge on any atom is -0.369 e. The Kier molecular flexibility index (Phi) is 6.31. The van der Waals surface area contributed by atoms with Crippen molar-refractivity contribution in [3.8, 4) is 0 Å². The number of carbonyl (C=O) groups excluding carboxylic acids is 2. The lowest BCUT2D eigenvalue weighted by Crippen LogP contribution is -2.58. The third-order valence-electron chi connectivity index (χ3n) is 7.63. The summed E-state index contributed by atoms with van der Waals surface area (Å²) in [4.78, 5) is 70.7. The number of nitrogens with two attached hydrogens (primary N) is 2. The number of urea groups is 2. The first-order valence-electron chi connectivity index (χ1n) is 13.2. The van der Waals surface area contributed by atoms with Crippen LogP contribution in [0.4, 0.5) is 30.3 Å². The molecule has 0 aromatic carbocycles. The minimum atomic E-state index is -1.90. The van der Waals surface area contributed by atoms with Gasteiger partial charge in [0.15, 0.2) is 47.1 Å². The maximum atomic E-state index is 15.9. The van der Waals surface area contributed by atoms with Crippen LogP contribution in [0.25, 0.3) is 22.3 Å². The van der Waals surface area contributed by atoms with E-state index in [4.69, 9.17) is 20.9 Å². The quantitative estimate of drug-likeness (QED) is 0.113. The van der Waals surface area contributed by atoms with Crippen molar-refractivity contribution in [2.24, 2.45) is 0 Å². The smallest absolute Gasteiger partial charge is 0.315 e.